The first kappa shape index (κ1) is 20.2. The molecule has 1 N–H and O–H groups in total. The van der Waals surface area contributed by atoms with Gasteiger partial charge in [0.05, 0.1) is 5.69 Å². The Morgan fingerprint density at radius 1 is 1.10 bits per heavy atom. The fraction of sp³-hybridized carbons (Fsp3) is 0.105. The van der Waals surface area contributed by atoms with Crippen LogP contribution in [0.4, 0.5) is 17.6 Å². The van der Waals surface area contributed by atoms with E-state index in [9.17, 15) is 22.4 Å². The number of halogens is 4. The Hall–Kier alpha value is -4.09. The van der Waals surface area contributed by atoms with Crippen LogP contribution in [-0.4, -0.2) is 35.7 Å². The van der Waals surface area contributed by atoms with Crippen LogP contribution in [0.5, 0.6) is 0 Å². The summed E-state index contributed by atoms with van der Waals surface area (Å²) in [6, 6.07) is 9.32. The van der Waals surface area contributed by atoms with E-state index in [1.807, 2.05) is 0 Å². The maximum absolute atomic E-state index is 13.7. The van der Waals surface area contributed by atoms with Gasteiger partial charge >= 0.3 is 6.18 Å². The summed E-state index contributed by atoms with van der Waals surface area (Å²) >= 11 is 0. The first-order chi connectivity index (χ1) is 14.8. The number of benzene rings is 1. The minimum absolute atomic E-state index is 0.0836. The quantitative estimate of drug-likeness (QED) is 0.491. The maximum Gasteiger partial charge on any atom is 0.435 e. The van der Waals surface area contributed by atoms with Gasteiger partial charge in [0.2, 0.25) is 0 Å². The zero-order chi connectivity index (χ0) is 22.0. The van der Waals surface area contributed by atoms with Gasteiger partial charge in [-0.05, 0) is 42.0 Å². The van der Waals surface area contributed by atoms with Crippen LogP contribution in [0.2, 0.25) is 0 Å². The molecule has 0 atom stereocenters. The van der Waals surface area contributed by atoms with Crippen molar-refractivity contribution in [1.29, 1.82) is 0 Å². The topological polar surface area (TPSA) is 90.5 Å². The van der Waals surface area contributed by atoms with Gasteiger partial charge in [0, 0.05) is 25.1 Å². The van der Waals surface area contributed by atoms with Crippen molar-refractivity contribution < 1.29 is 22.4 Å². The van der Waals surface area contributed by atoms with E-state index in [0.29, 0.717) is 16.1 Å². The highest BCUT2D eigenvalue weighted by molar-refractivity contribution is 5.93. The molecule has 12 heteroatoms. The predicted molar refractivity (Wildman–Crippen MR) is 98.8 cm³/mol. The molecule has 0 spiro atoms. The Morgan fingerprint density at radius 3 is 2.65 bits per heavy atom. The highest BCUT2D eigenvalue weighted by Gasteiger charge is 2.42. The Balaban J connectivity index is 1.59. The summed E-state index contributed by atoms with van der Waals surface area (Å²) in [4.78, 5) is 16.6. The normalized spacial score (nSPS) is 11.5. The van der Waals surface area contributed by atoms with E-state index >= 15 is 0 Å². The molecule has 0 saturated heterocycles. The number of pyridine rings is 1. The van der Waals surface area contributed by atoms with Crippen LogP contribution in [0.15, 0.2) is 61.1 Å². The monoisotopic (exact) mass is 431 g/mol. The molecule has 1 aromatic carbocycles. The van der Waals surface area contributed by atoms with Crippen molar-refractivity contribution in [2.24, 2.45) is 0 Å². The first-order valence-corrected chi connectivity index (χ1v) is 8.85. The number of aromatic nitrogens is 6. The molecule has 0 unspecified atom stereocenters. The second kappa shape index (κ2) is 7.97. The zero-order valence-electron chi connectivity index (χ0n) is 15.6. The highest BCUT2D eigenvalue weighted by atomic mass is 19.4. The standard InChI is InChI=1S/C19H13F4N7O/c20-13-3-1-4-14(10-13)30-17(19(21,22)23)16(27-28-30)18(31)25-11-12-5-7-24-15(9-12)29-8-2-6-26-29/h1-10H,11H2,(H,25,31). The number of nitrogens with one attached hydrogen (secondary N) is 1. The van der Waals surface area contributed by atoms with Gasteiger partial charge < -0.3 is 5.32 Å². The summed E-state index contributed by atoms with van der Waals surface area (Å²) in [5, 5.41) is 13.2. The lowest BCUT2D eigenvalue weighted by Crippen LogP contribution is -2.27. The van der Waals surface area contributed by atoms with E-state index in [0.717, 1.165) is 12.1 Å². The van der Waals surface area contributed by atoms with Crippen molar-refractivity contribution in [1.82, 2.24) is 35.1 Å². The second-order valence-corrected chi connectivity index (χ2v) is 6.33. The molecule has 0 aliphatic rings. The van der Waals surface area contributed by atoms with Gasteiger partial charge in [0.1, 0.15) is 5.82 Å². The Bertz CT molecular complexity index is 1220. The number of hydrogen-bond donors (Lipinski definition) is 1. The predicted octanol–water partition coefficient (Wildman–Crippen LogP) is 2.94. The SMILES string of the molecule is O=C(NCc1ccnc(-n2cccn2)c1)c1nnn(-c2cccc(F)c2)c1C(F)(F)F. The molecule has 8 nitrogen and oxygen atoms in total. The van der Waals surface area contributed by atoms with Gasteiger partial charge in [0.25, 0.3) is 5.91 Å². The molecule has 4 aromatic rings. The molecular formula is C19H13F4N7O. The lowest BCUT2D eigenvalue weighted by molar-refractivity contribution is -0.143. The van der Waals surface area contributed by atoms with Gasteiger partial charge in [-0.3, -0.25) is 4.79 Å². The van der Waals surface area contributed by atoms with E-state index in [-0.39, 0.29) is 12.2 Å². The number of hydrogen-bond acceptors (Lipinski definition) is 5. The van der Waals surface area contributed by atoms with E-state index in [1.165, 1.54) is 23.0 Å². The molecule has 0 aliphatic carbocycles. The lowest BCUT2D eigenvalue weighted by Gasteiger charge is -2.11. The number of carbonyl (C=O) groups excluding carboxylic acids is 1. The van der Waals surface area contributed by atoms with Crippen LogP contribution in [0.25, 0.3) is 11.5 Å². The third kappa shape index (κ3) is 4.27. The molecule has 0 bridgehead atoms. The Morgan fingerprint density at radius 2 is 1.94 bits per heavy atom. The molecule has 31 heavy (non-hydrogen) atoms. The maximum atomic E-state index is 13.7. The van der Waals surface area contributed by atoms with Crippen LogP contribution in [0.3, 0.4) is 0 Å². The summed E-state index contributed by atoms with van der Waals surface area (Å²) in [5.74, 6) is -1.35. The summed E-state index contributed by atoms with van der Waals surface area (Å²) in [5.41, 5.74) is -1.95. The van der Waals surface area contributed by atoms with Crippen molar-refractivity contribution in [3.63, 3.8) is 0 Å². The molecule has 0 saturated carbocycles. The van der Waals surface area contributed by atoms with Crippen molar-refractivity contribution in [2.45, 2.75) is 12.7 Å². The third-order valence-corrected chi connectivity index (χ3v) is 4.21. The average Bonchev–Trinajstić information content (AvgIpc) is 3.42. The lowest BCUT2D eigenvalue weighted by atomic mass is 10.2. The molecule has 158 valence electrons. The summed E-state index contributed by atoms with van der Waals surface area (Å²) < 4.78 is 56.4. The Labute approximate surface area is 172 Å². The molecule has 3 heterocycles. The van der Waals surface area contributed by atoms with Gasteiger partial charge in [-0.15, -0.1) is 5.10 Å². The minimum Gasteiger partial charge on any atom is -0.346 e. The Kier molecular flexibility index (Phi) is 5.19. The molecule has 1 amide bonds. The van der Waals surface area contributed by atoms with Gasteiger partial charge in [-0.25, -0.2) is 18.7 Å². The van der Waals surface area contributed by atoms with Crippen molar-refractivity contribution in [3.05, 3.63) is 83.8 Å². The van der Waals surface area contributed by atoms with Gasteiger partial charge in [-0.1, -0.05) is 11.3 Å². The fourth-order valence-electron chi connectivity index (χ4n) is 2.84. The molecule has 3 aromatic heterocycles. The first-order valence-electron chi connectivity index (χ1n) is 8.85. The summed E-state index contributed by atoms with van der Waals surface area (Å²) in [6.07, 6.45) is -0.228. The third-order valence-electron chi connectivity index (χ3n) is 4.21. The molecule has 0 aliphatic heterocycles. The number of alkyl halides is 3. The second-order valence-electron chi connectivity index (χ2n) is 6.33. The molecule has 4 rings (SSSR count). The average molecular weight is 431 g/mol. The number of carbonyl (C=O) groups is 1. The highest BCUT2D eigenvalue weighted by Crippen LogP contribution is 2.32. The van der Waals surface area contributed by atoms with Crippen molar-refractivity contribution in [2.75, 3.05) is 0 Å². The van der Waals surface area contributed by atoms with E-state index in [4.69, 9.17) is 0 Å². The van der Waals surface area contributed by atoms with Crippen LogP contribution < -0.4 is 5.32 Å². The molecular weight excluding hydrogens is 418 g/mol. The van der Waals surface area contributed by atoms with Crippen LogP contribution in [0.1, 0.15) is 21.7 Å². The van der Waals surface area contributed by atoms with Crippen LogP contribution in [-0.2, 0) is 12.7 Å². The smallest absolute Gasteiger partial charge is 0.346 e. The van der Waals surface area contributed by atoms with Crippen molar-refractivity contribution in [3.8, 4) is 11.5 Å². The fourth-order valence-corrected chi connectivity index (χ4v) is 2.84. The number of amides is 1. The van der Waals surface area contributed by atoms with E-state index in [1.54, 1.807) is 30.6 Å². The molecule has 0 radical (unpaired) electrons. The van der Waals surface area contributed by atoms with E-state index < -0.39 is 29.3 Å². The minimum atomic E-state index is -4.95. The summed E-state index contributed by atoms with van der Waals surface area (Å²) in [6.45, 7) is -0.0836. The largest absolute Gasteiger partial charge is 0.435 e. The van der Waals surface area contributed by atoms with Gasteiger partial charge in [-0.2, -0.15) is 18.3 Å². The van der Waals surface area contributed by atoms with Crippen LogP contribution >= 0.6 is 0 Å². The number of nitrogens with zero attached hydrogens (tertiary/aromatic N) is 6. The van der Waals surface area contributed by atoms with Crippen molar-refractivity contribution >= 4 is 5.91 Å². The summed E-state index contributed by atoms with van der Waals surface area (Å²) in [7, 11) is 0. The number of rotatable bonds is 5. The molecule has 0 fully saturated rings. The van der Waals surface area contributed by atoms with Crippen LogP contribution in [0, 0.1) is 5.82 Å². The van der Waals surface area contributed by atoms with E-state index in [2.05, 4.69) is 25.7 Å². The van der Waals surface area contributed by atoms with Gasteiger partial charge in [0.15, 0.2) is 17.2 Å². The zero-order valence-corrected chi connectivity index (χ0v) is 15.6.